The Morgan fingerprint density at radius 2 is 1.50 bits per heavy atom. The van der Waals surface area contributed by atoms with Crippen molar-refractivity contribution >= 4 is 16.6 Å². The van der Waals surface area contributed by atoms with E-state index >= 15 is 0 Å². The molecule has 0 aliphatic carbocycles. The molecule has 108 valence electrons. The molecule has 0 aromatic rings. The minimum Gasteiger partial charge on any atom is -0.415 e. The first-order chi connectivity index (χ1) is 7.99. The molecule has 1 saturated heterocycles. The van der Waals surface area contributed by atoms with E-state index in [1.54, 1.807) is 0 Å². The van der Waals surface area contributed by atoms with Crippen LogP contribution in [0, 0.1) is 5.92 Å². The second kappa shape index (κ2) is 5.75. The van der Waals surface area contributed by atoms with Gasteiger partial charge in [-0.2, -0.15) is 0 Å². The lowest BCUT2D eigenvalue weighted by molar-refractivity contribution is -0.00807. The maximum atomic E-state index is 6.31. The van der Waals surface area contributed by atoms with Gasteiger partial charge in [-0.05, 0) is 46.2 Å². The van der Waals surface area contributed by atoms with Crippen LogP contribution in [0.5, 0.6) is 0 Å². The van der Waals surface area contributed by atoms with Crippen molar-refractivity contribution in [1.82, 2.24) is 0 Å². The van der Waals surface area contributed by atoms with Gasteiger partial charge in [-0.1, -0.05) is 6.92 Å². The highest BCUT2D eigenvalue weighted by atomic mass is 28.4. The summed E-state index contributed by atoms with van der Waals surface area (Å²) in [5, 5.41) is 0. The molecule has 1 rings (SSSR count). The van der Waals surface area contributed by atoms with Gasteiger partial charge in [0, 0.05) is 5.92 Å². The number of hydrogen-bond acceptors (Lipinski definition) is 3. The number of rotatable bonds is 5. The summed E-state index contributed by atoms with van der Waals surface area (Å²) < 4.78 is 18.3. The summed E-state index contributed by atoms with van der Waals surface area (Å²) in [7, 11) is -3.02. The molecule has 4 atom stereocenters. The van der Waals surface area contributed by atoms with E-state index < -0.39 is 16.6 Å². The van der Waals surface area contributed by atoms with E-state index in [4.69, 9.17) is 13.6 Å². The summed E-state index contributed by atoms with van der Waals surface area (Å²) in [5.74, 6) is 0.451. The van der Waals surface area contributed by atoms with Gasteiger partial charge in [0.2, 0.25) is 0 Å². The highest BCUT2D eigenvalue weighted by Gasteiger charge is 2.42. The monoisotopic (exact) mass is 290 g/mol. The summed E-state index contributed by atoms with van der Waals surface area (Å²) in [6.07, 6.45) is 0.568. The van der Waals surface area contributed by atoms with Crippen molar-refractivity contribution in [1.29, 1.82) is 0 Å². The first-order valence-corrected chi connectivity index (χ1v) is 13.8. The van der Waals surface area contributed by atoms with Gasteiger partial charge in [-0.15, -0.1) is 0 Å². The van der Waals surface area contributed by atoms with E-state index in [0.29, 0.717) is 12.5 Å². The predicted molar refractivity (Wildman–Crippen MR) is 81.0 cm³/mol. The molecule has 5 heteroatoms. The van der Waals surface area contributed by atoms with Crippen LogP contribution >= 0.6 is 0 Å². The lowest BCUT2D eigenvalue weighted by Crippen LogP contribution is -2.42. The molecule has 1 aliphatic rings. The van der Waals surface area contributed by atoms with Crippen molar-refractivity contribution in [3.05, 3.63) is 0 Å². The van der Waals surface area contributed by atoms with Crippen LogP contribution < -0.4 is 0 Å². The van der Waals surface area contributed by atoms with Crippen LogP contribution in [0.3, 0.4) is 0 Å². The maximum Gasteiger partial charge on any atom is 0.184 e. The highest BCUT2D eigenvalue weighted by molar-refractivity contribution is 6.70. The zero-order valence-corrected chi connectivity index (χ0v) is 15.2. The first kappa shape index (κ1) is 16.4. The van der Waals surface area contributed by atoms with Crippen LogP contribution in [-0.4, -0.2) is 41.6 Å². The molecule has 0 aromatic carbocycles. The van der Waals surface area contributed by atoms with Crippen LogP contribution in [0.4, 0.5) is 0 Å². The molecule has 0 spiro atoms. The Bertz CT molecular complexity index is 270. The Labute approximate surface area is 114 Å². The van der Waals surface area contributed by atoms with Crippen molar-refractivity contribution in [3.63, 3.8) is 0 Å². The lowest BCUT2D eigenvalue weighted by atomic mass is 10.00. The molecule has 0 radical (unpaired) electrons. The van der Waals surface area contributed by atoms with Crippen molar-refractivity contribution < 1.29 is 13.6 Å². The molecule has 0 N–H and O–H groups in total. The van der Waals surface area contributed by atoms with Gasteiger partial charge in [0.25, 0.3) is 0 Å². The molecule has 0 bridgehead atoms. The van der Waals surface area contributed by atoms with Crippen LogP contribution in [-0.2, 0) is 13.6 Å². The van der Waals surface area contributed by atoms with Gasteiger partial charge in [0.05, 0.1) is 18.8 Å². The Morgan fingerprint density at radius 3 is 1.94 bits per heavy atom. The summed E-state index contributed by atoms with van der Waals surface area (Å²) >= 11 is 0. The normalized spacial score (nSPS) is 34.0. The summed E-state index contributed by atoms with van der Waals surface area (Å²) in [5.41, 5.74) is 0. The van der Waals surface area contributed by atoms with E-state index in [9.17, 15) is 0 Å². The molecule has 1 heterocycles. The van der Waals surface area contributed by atoms with E-state index in [2.05, 4.69) is 53.1 Å². The summed E-state index contributed by atoms with van der Waals surface area (Å²) in [6, 6.07) is 0. The average molecular weight is 291 g/mol. The first-order valence-electron chi connectivity index (χ1n) is 6.97. The quantitative estimate of drug-likeness (QED) is 0.726. The average Bonchev–Trinajstić information content (AvgIpc) is 2.39. The van der Waals surface area contributed by atoms with Crippen LogP contribution in [0.2, 0.25) is 39.3 Å². The third kappa shape index (κ3) is 5.13. The fourth-order valence-corrected chi connectivity index (χ4v) is 3.99. The molecular formula is C13H30O3Si2. The van der Waals surface area contributed by atoms with Crippen LogP contribution in [0.25, 0.3) is 0 Å². The van der Waals surface area contributed by atoms with Crippen molar-refractivity contribution in [2.75, 3.05) is 6.61 Å². The highest BCUT2D eigenvalue weighted by Crippen LogP contribution is 2.31. The minimum atomic E-state index is -1.53. The Morgan fingerprint density at radius 1 is 0.944 bits per heavy atom. The Balaban J connectivity index is 2.64. The van der Waals surface area contributed by atoms with Crippen LogP contribution in [0.1, 0.15) is 13.8 Å². The molecule has 1 fully saturated rings. The van der Waals surface area contributed by atoms with Crippen LogP contribution in [0.15, 0.2) is 0 Å². The molecule has 3 nitrogen and oxygen atoms in total. The topological polar surface area (TPSA) is 27.7 Å². The minimum absolute atomic E-state index is 0.105. The fourth-order valence-electron chi connectivity index (χ4n) is 2.14. The Kier molecular flexibility index (Phi) is 5.23. The fraction of sp³-hybridized carbons (Fsp3) is 1.00. The molecule has 18 heavy (non-hydrogen) atoms. The third-order valence-electron chi connectivity index (χ3n) is 3.18. The van der Waals surface area contributed by atoms with Gasteiger partial charge in [0.15, 0.2) is 16.6 Å². The summed E-state index contributed by atoms with van der Waals surface area (Å²) in [4.78, 5) is 0. The van der Waals surface area contributed by atoms with Gasteiger partial charge < -0.3 is 13.6 Å². The zero-order valence-electron chi connectivity index (χ0n) is 13.2. The molecular weight excluding hydrogens is 260 g/mol. The smallest absolute Gasteiger partial charge is 0.184 e. The largest absolute Gasteiger partial charge is 0.415 e. The molecule has 0 aromatic heterocycles. The second-order valence-electron chi connectivity index (χ2n) is 7.36. The number of hydrogen-bond donors (Lipinski definition) is 0. The van der Waals surface area contributed by atoms with Gasteiger partial charge >= 0.3 is 0 Å². The molecule has 2 unspecified atom stereocenters. The predicted octanol–water partition coefficient (Wildman–Crippen LogP) is 3.48. The molecule has 1 aliphatic heterocycles. The van der Waals surface area contributed by atoms with E-state index in [-0.39, 0.29) is 18.3 Å². The van der Waals surface area contributed by atoms with E-state index in [0.717, 1.165) is 0 Å². The van der Waals surface area contributed by atoms with Gasteiger partial charge in [-0.3, -0.25) is 0 Å². The third-order valence-corrected chi connectivity index (χ3v) is 5.20. The SMILES string of the molecule is CC1C(O[Si](C)(C)C)[C@@H](CO[Si](C)(C)C)O[C@H]1C. The zero-order chi connectivity index (χ0) is 14.1. The maximum absolute atomic E-state index is 6.31. The lowest BCUT2D eigenvalue weighted by Gasteiger charge is -2.30. The van der Waals surface area contributed by atoms with Crippen molar-refractivity contribution in [2.24, 2.45) is 5.92 Å². The van der Waals surface area contributed by atoms with Gasteiger partial charge in [-0.25, -0.2) is 0 Å². The van der Waals surface area contributed by atoms with E-state index in [1.165, 1.54) is 0 Å². The number of ether oxygens (including phenoxy) is 1. The van der Waals surface area contributed by atoms with E-state index in [1.807, 2.05) is 0 Å². The van der Waals surface area contributed by atoms with Crippen molar-refractivity contribution in [3.8, 4) is 0 Å². The van der Waals surface area contributed by atoms with Crippen molar-refractivity contribution in [2.45, 2.75) is 71.4 Å². The second-order valence-corrected chi connectivity index (χ2v) is 16.3. The standard InChI is InChI=1S/C13H30O3Si2/c1-10-11(2)15-12(9-14-17(3,4)5)13(10)16-18(6,7)8/h10-13H,9H2,1-8H3/t10?,11-,12+,13?/m0/s1. The molecule has 0 amide bonds. The molecule has 0 saturated carbocycles. The van der Waals surface area contributed by atoms with Gasteiger partial charge in [0.1, 0.15) is 6.10 Å². The Hall–Kier alpha value is 0.314. The summed E-state index contributed by atoms with van der Waals surface area (Å²) in [6.45, 7) is 18.4.